The highest BCUT2D eigenvalue weighted by Gasteiger charge is 2.43. The average Bonchev–Trinajstić information content (AvgIpc) is 3.26. The standard InChI is InChI=1S/C22H22ClN3O3S/c1-29-17-5-7-18(8-6-17)30(27,28)25-13-10-22(11-14-25)21-3-2-12-26(21)20-15-16(23)4-9-19(20)24-22/h2-9,12,15,24H,10-11,13-14H2,1H3. The summed E-state index contributed by atoms with van der Waals surface area (Å²) in [7, 11) is -1.98. The van der Waals surface area contributed by atoms with Gasteiger partial charge in [-0.15, -0.1) is 0 Å². The molecule has 0 bridgehead atoms. The van der Waals surface area contributed by atoms with E-state index in [9.17, 15) is 8.42 Å². The Bertz CT molecular complexity index is 1200. The number of fused-ring (bicyclic) bond motifs is 4. The number of nitrogens with one attached hydrogen (secondary N) is 1. The zero-order valence-electron chi connectivity index (χ0n) is 16.5. The summed E-state index contributed by atoms with van der Waals surface area (Å²) >= 11 is 6.21. The predicted molar refractivity (Wildman–Crippen MR) is 117 cm³/mol. The highest BCUT2D eigenvalue weighted by Crippen LogP contribution is 2.44. The van der Waals surface area contributed by atoms with Crippen molar-refractivity contribution in [3.05, 3.63) is 71.5 Å². The van der Waals surface area contributed by atoms with Gasteiger partial charge < -0.3 is 14.6 Å². The van der Waals surface area contributed by atoms with Crippen LogP contribution in [0.5, 0.6) is 5.75 Å². The Morgan fingerprint density at radius 3 is 2.50 bits per heavy atom. The third-order valence-corrected chi connectivity index (χ3v) is 8.25. The van der Waals surface area contributed by atoms with Gasteiger partial charge in [-0.3, -0.25) is 0 Å². The van der Waals surface area contributed by atoms with Gasteiger partial charge >= 0.3 is 0 Å². The molecule has 6 nitrogen and oxygen atoms in total. The summed E-state index contributed by atoms with van der Waals surface area (Å²) in [5.74, 6) is 0.637. The van der Waals surface area contributed by atoms with Crippen LogP contribution < -0.4 is 10.1 Å². The number of ether oxygens (including phenoxy) is 1. The van der Waals surface area contributed by atoms with Crippen LogP contribution in [0.2, 0.25) is 5.02 Å². The molecule has 0 atom stereocenters. The van der Waals surface area contributed by atoms with Crippen LogP contribution in [0, 0.1) is 0 Å². The van der Waals surface area contributed by atoms with Crippen molar-refractivity contribution in [2.45, 2.75) is 23.3 Å². The van der Waals surface area contributed by atoms with Crippen molar-refractivity contribution in [2.24, 2.45) is 0 Å². The number of hydrogen-bond donors (Lipinski definition) is 1. The van der Waals surface area contributed by atoms with Crippen LogP contribution in [0.25, 0.3) is 5.69 Å². The van der Waals surface area contributed by atoms with E-state index in [1.807, 2.05) is 30.5 Å². The van der Waals surface area contributed by atoms with Crippen molar-refractivity contribution in [3.63, 3.8) is 0 Å². The molecule has 0 radical (unpaired) electrons. The van der Waals surface area contributed by atoms with Crippen LogP contribution in [0.1, 0.15) is 18.5 Å². The maximum absolute atomic E-state index is 13.1. The summed E-state index contributed by atoms with van der Waals surface area (Å²) in [5.41, 5.74) is 2.85. The van der Waals surface area contributed by atoms with Crippen molar-refractivity contribution < 1.29 is 13.2 Å². The maximum atomic E-state index is 13.1. The lowest BCUT2D eigenvalue weighted by molar-refractivity contribution is 0.247. The monoisotopic (exact) mass is 443 g/mol. The van der Waals surface area contributed by atoms with Gasteiger partial charge in [0.1, 0.15) is 5.75 Å². The lowest BCUT2D eigenvalue weighted by Gasteiger charge is -2.45. The van der Waals surface area contributed by atoms with E-state index < -0.39 is 10.0 Å². The van der Waals surface area contributed by atoms with Crippen molar-refractivity contribution in [1.29, 1.82) is 0 Å². The fourth-order valence-corrected chi connectivity index (χ4v) is 6.11. The van der Waals surface area contributed by atoms with E-state index in [4.69, 9.17) is 16.3 Å². The molecule has 1 saturated heterocycles. The Hall–Kier alpha value is -2.48. The van der Waals surface area contributed by atoms with Crippen LogP contribution in [-0.4, -0.2) is 37.5 Å². The topological polar surface area (TPSA) is 63.6 Å². The SMILES string of the molecule is COc1ccc(S(=O)(=O)N2CCC3(CC2)Nc2ccc(Cl)cc2-n2cccc23)cc1. The minimum atomic E-state index is -3.55. The molecule has 0 aliphatic carbocycles. The second-order valence-electron chi connectivity index (χ2n) is 7.71. The van der Waals surface area contributed by atoms with Crippen molar-refractivity contribution >= 4 is 27.3 Å². The summed E-state index contributed by atoms with van der Waals surface area (Å²) in [6.07, 6.45) is 3.39. The fourth-order valence-electron chi connectivity index (χ4n) is 4.50. The third kappa shape index (κ3) is 3.00. The Balaban J connectivity index is 1.42. The van der Waals surface area contributed by atoms with Crippen molar-refractivity contribution in [3.8, 4) is 11.4 Å². The molecule has 5 rings (SSSR count). The molecule has 2 aliphatic rings. The number of anilines is 1. The van der Waals surface area contributed by atoms with E-state index in [0.717, 1.165) is 17.1 Å². The van der Waals surface area contributed by atoms with Gasteiger partial charge in [0.25, 0.3) is 0 Å². The first-order chi connectivity index (χ1) is 14.4. The molecule has 156 valence electrons. The van der Waals surface area contributed by atoms with Gasteiger partial charge in [0.05, 0.1) is 28.9 Å². The van der Waals surface area contributed by atoms with E-state index in [1.165, 1.54) is 0 Å². The number of sulfonamides is 1. The number of methoxy groups -OCH3 is 1. The van der Waals surface area contributed by atoms with E-state index in [1.54, 1.807) is 35.7 Å². The number of halogens is 1. The van der Waals surface area contributed by atoms with Gasteiger partial charge in [0.2, 0.25) is 10.0 Å². The smallest absolute Gasteiger partial charge is 0.243 e. The molecule has 8 heteroatoms. The second-order valence-corrected chi connectivity index (χ2v) is 10.1. The summed E-state index contributed by atoms with van der Waals surface area (Å²) < 4.78 is 35.1. The summed E-state index contributed by atoms with van der Waals surface area (Å²) in [6.45, 7) is 0.880. The Kier molecular flexibility index (Phi) is 4.57. The molecule has 0 saturated carbocycles. The number of rotatable bonds is 3. The largest absolute Gasteiger partial charge is 0.497 e. The molecule has 3 aromatic rings. The van der Waals surface area contributed by atoms with E-state index in [-0.39, 0.29) is 5.54 Å². The first-order valence-corrected chi connectivity index (χ1v) is 11.6. The molecule has 30 heavy (non-hydrogen) atoms. The summed E-state index contributed by atoms with van der Waals surface area (Å²) in [5, 5.41) is 4.38. The molecule has 1 fully saturated rings. The Morgan fingerprint density at radius 1 is 1.07 bits per heavy atom. The summed E-state index contributed by atoms with van der Waals surface area (Å²) in [6, 6.07) is 16.5. The molecule has 0 unspecified atom stereocenters. The average molecular weight is 444 g/mol. The highest BCUT2D eigenvalue weighted by atomic mass is 35.5. The van der Waals surface area contributed by atoms with Gasteiger partial charge in [0, 0.05) is 30.0 Å². The molecule has 2 aromatic carbocycles. The normalized spacial score (nSPS) is 17.8. The molecule has 1 spiro atoms. The van der Waals surface area contributed by atoms with Crippen molar-refractivity contribution in [2.75, 3.05) is 25.5 Å². The highest BCUT2D eigenvalue weighted by molar-refractivity contribution is 7.89. The number of piperidine rings is 1. The fraction of sp³-hybridized carbons (Fsp3) is 0.273. The maximum Gasteiger partial charge on any atom is 0.243 e. The first kappa shape index (κ1) is 19.5. The minimum Gasteiger partial charge on any atom is -0.497 e. The molecule has 1 aromatic heterocycles. The van der Waals surface area contributed by atoms with Gasteiger partial charge in [-0.25, -0.2) is 8.42 Å². The van der Waals surface area contributed by atoms with Crippen LogP contribution in [0.15, 0.2) is 65.7 Å². The lowest BCUT2D eigenvalue weighted by atomic mass is 9.83. The Labute approximate surface area is 181 Å². The van der Waals surface area contributed by atoms with Crippen LogP contribution >= 0.6 is 11.6 Å². The van der Waals surface area contributed by atoms with E-state index in [2.05, 4.69) is 16.0 Å². The van der Waals surface area contributed by atoms with Crippen LogP contribution in [0.3, 0.4) is 0 Å². The van der Waals surface area contributed by atoms with Crippen LogP contribution in [-0.2, 0) is 15.6 Å². The third-order valence-electron chi connectivity index (χ3n) is 6.11. The second kappa shape index (κ2) is 7.04. The molecule has 1 N–H and O–H groups in total. The quantitative estimate of drug-likeness (QED) is 0.657. The zero-order valence-corrected chi connectivity index (χ0v) is 18.1. The molecule has 0 amide bonds. The van der Waals surface area contributed by atoms with E-state index >= 15 is 0 Å². The summed E-state index contributed by atoms with van der Waals surface area (Å²) in [4.78, 5) is 0.291. The number of benzene rings is 2. The molecular formula is C22H22ClN3O3S. The van der Waals surface area contributed by atoms with Gasteiger partial charge in [-0.2, -0.15) is 4.31 Å². The van der Waals surface area contributed by atoms with E-state index in [0.29, 0.717) is 41.6 Å². The van der Waals surface area contributed by atoms with Crippen LogP contribution in [0.4, 0.5) is 5.69 Å². The van der Waals surface area contributed by atoms with Gasteiger partial charge in [0.15, 0.2) is 0 Å². The predicted octanol–water partition coefficient (Wildman–Crippen LogP) is 4.24. The molecule has 2 aliphatic heterocycles. The lowest BCUT2D eigenvalue weighted by Crippen LogP contribution is -2.50. The first-order valence-electron chi connectivity index (χ1n) is 9.83. The minimum absolute atomic E-state index is 0.291. The number of nitrogens with zero attached hydrogens (tertiary/aromatic N) is 2. The molecular weight excluding hydrogens is 422 g/mol. The van der Waals surface area contributed by atoms with Crippen molar-refractivity contribution in [1.82, 2.24) is 8.87 Å². The number of aromatic nitrogens is 1. The zero-order chi connectivity index (χ0) is 20.9. The van der Waals surface area contributed by atoms with Gasteiger partial charge in [-0.1, -0.05) is 11.6 Å². The Morgan fingerprint density at radius 2 is 1.80 bits per heavy atom. The van der Waals surface area contributed by atoms with Gasteiger partial charge in [-0.05, 0) is 67.4 Å². The molecule has 3 heterocycles. The number of hydrogen-bond acceptors (Lipinski definition) is 4.